The van der Waals surface area contributed by atoms with E-state index in [1.54, 1.807) is 53.2 Å². The monoisotopic (exact) mass is 431 g/mol. The first kappa shape index (κ1) is 20.2. The van der Waals surface area contributed by atoms with Gasteiger partial charge in [0.05, 0.1) is 11.3 Å². The van der Waals surface area contributed by atoms with Crippen molar-refractivity contribution in [2.45, 2.75) is 6.92 Å². The summed E-state index contributed by atoms with van der Waals surface area (Å²) in [5.74, 6) is -2.17. The Morgan fingerprint density at radius 2 is 1.77 bits per heavy atom. The summed E-state index contributed by atoms with van der Waals surface area (Å²) in [4.78, 5) is 38.4. The molecular formula is C23H17N3O4S. The fourth-order valence-electron chi connectivity index (χ4n) is 3.34. The number of aromatic carboxylic acids is 1. The first-order chi connectivity index (χ1) is 14.8. The fraction of sp³-hybridized carbons (Fsp3) is 0.0435. The fourth-order valence-corrected chi connectivity index (χ4v) is 3.62. The van der Waals surface area contributed by atoms with E-state index < -0.39 is 17.8 Å². The van der Waals surface area contributed by atoms with Crippen molar-refractivity contribution < 1.29 is 19.5 Å². The van der Waals surface area contributed by atoms with Gasteiger partial charge < -0.3 is 9.67 Å². The van der Waals surface area contributed by atoms with Crippen LogP contribution in [0.5, 0.6) is 0 Å². The van der Waals surface area contributed by atoms with E-state index in [-0.39, 0.29) is 16.2 Å². The molecule has 0 spiro atoms. The lowest BCUT2D eigenvalue weighted by molar-refractivity contribution is -0.122. The molecule has 0 unspecified atom stereocenters. The Bertz CT molecular complexity index is 1280. The van der Waals surface area contributed by atoms with Crippen molar-refractivity contribution in [1.82, 2.24) is 9.88 Å². The maximum absolute atomic E-state index is 13.2. The van der Waals surface area contributed by atoms with E-state index in [9.17, 15) is 19.5 Å². The number of nitrogens with zero attached hydrogens (tertiary/aromatic N) is 2. The van der Waals surface area contributed by atoms with Crippen LogP contribution >= 0.6 is 12.2 Å². The smallest absolute Gasteiger partial charge is 0.335 e. The van der Waals surface area contributed by atoms with Gasteiger partial charge in [-0.05, 0) is 73.2 Å². The summed E-state index contributed by atoms with van der Waals surface area (Å²) in [6.45, 7) is 1.90. The van der Waals surface area contributed by atoms with Crippen LogP contribution in [-0.4, -0.2) is 32.6 Å². The number of carbonyl (C=O) groups excluding carboxylic acids is 2. The Morgan fingerprint density at radius 1 is 1.03 bits per heavy atom. The highest BCUT2D eigenvalue weighted by molar-refractivity contribution is 7.80. The van der Waals surface area contributed by atoms with Crippen LogP contribution in [0.4, 0.5) is 5.69 Å². The van der Waals surface area contributed by atoms with E-state index in [1.807, 2.05) is 13.0 Å². The summed E-state index contributed by atoms with van der Waals surface area (Å²) in [7, 11) is 0. The summed E-state index contributed by atoms with van der Waals surface area (Å²) < 4.78 is 1.70. The molecule has 1 aliphatic heterocycles. The SMILES string of the molecule is Cc1cccc(N2C(=O)C(=Cc3cccn3-c3cccc(C(=O)O)c3)C(=O)NC2=S)c1. The molecule has 3 aromatic rings. The number of rotatable bonds is 4. The van der Waals surface area contributed by atoms with Gasteiger partial charge in [-0.3, -0.25) is 19.8 Å². The standard InChI is InChI=1S/C23H17N3O4S/c1-14-5-2-8-18(11-14)26-21(28)19(20(27)24-23(26)31)13-17-9-4-10-25(17)16-7-3-6-15(12-16)22(29)30/h2-13H,1H3,(H,29,30)(H,24,27,31). The number of thiocarbonyl (C=S) groups is 1. The maximum Gasteiger partial charge on any atom is 0.335 e. The van der Waals surface area contributed by atoms with Gasteiger partial charge in [0, 0.05) is 17.6 Å². The molecule has 1 saturated heterocycles. The van der Waals surface area contributed by atoms with Gasteiger partial charge in [0.15, 0.2) is 5.11 Å². The molecule has 154 valence electrons. The molecule has 1 aliphatic rings. The Morgan fingerprint density at radius 3 is 2.52 bits per heavy atom. The van der Waals surface area contributed by atoms with Gasteiger partial charge in [-0.25, -0.2) is 4.79 Å². The lowest BCUT2D eigenvalue weighted by Gasteiger charge is -2.29. The lowest BCUT2D eigenvalue weighted by atomic mass is 10.1. The maximum atomic E-state index is 13.2. The highest BCUT2D eigenvalue weighted by atomic mass is 32.1. The van der Waals surface area contributed by atoms with Gasteiger partial charge in [0.2, 0.25) is 0 Å². The van der Waals surface area contributed by atoms with Crippen molar-refractivity contribution in [1.29, 1.82) is 0 Å². The molecule has 31 heavy (non-hydrogen) atoms. The third-order valence-electron chi connectivity index (χ3n) is 4.81. The third-order valence-corrected chi connectivity index (χ3v) is 5.09. The van der Waals surface area contributed by atoms with Crippen LogP contribution in [0.3, 0.4) is 0 Å². The molecule has 2 heterocycles. The number of carboxylic acid groups (broad SMARTS) is 1. The van der Waals surface area contributed by atoms with E-state index in [1.165, 1.54) is 23.1 Å². The highest BCUT2D eigenvalue weighted by Crippen LogP contribution is 2.24. The molecule has 0 atom stereocenters. The number of aromatic nitrogens is 1. The van der Waals surface area contributed by atoms with Crippen LogP contribution in [0, 0.1) is 6.92 Å². The van der Waals surface area contributed by atoms with Gasteiger partial charge in [0.1, 0.15) is 5.57 Å². The molecule has 0 aliphatic carbocycles. The van der Waals surface area contributed by atoms with Crippen LogP contribution in [0.2, 0.25) is 0 Å². The van der Waals surface area contributed by atoms with E-state index in [0.29, 0.717) is 17.1 Å². The predicted octanol–water partition coefficient (Wildman–Crippen LogP) is 3.32. The number of aryl methyl sites for hydroxylation is 1. The Labute approximate surface area is 183 Å². The largest absolute Gasteiger partial charge is 0.478 e. The summed E-state index contributed by atoms with van der Waals surface area (Å²) in [5, 5.41) is 11.8. The summed E-state index contributed by atoms with van der Waals surface area (Å²) in [6, 6.07) is 17.1. The van der Waals surface area contributed by atoms with Crippen LogP contribution in [0.25, 0.3) is 11.8 Å². The number of benzene rings is 2. The van der Waals surface area contributed by atoms with Gasteiger partial charge in [-0.1, -0.05) is 18.2 Å². The van der Waals surface area contributed by atoms with Crippen LogP contribution in [0.15, 0.2) is 72.4 Å². The van der Waals surface area contributed by atoms with Gasteiger partial charge >= 0.3 is 5.97 Å². The second kappa shape index (κ2) is 8.00. The molecule has 2 N–H and O–H groups in total. The first-order valence-electron chi connectivity index (χ1n) is 9.34. The Kier molecular flexibility index (Phi) is 5.22. The molecule has 0 radical (unpaired) electrons. The molecule has 0 bridgehead atoms. The minimum atomic E-state index is -1.04. The van der Waals surface area contributed by atoms with Gasteiger partial charge in [0.25, 0.3) is 11.8 Å². The molecule has 2 amide bonds. The zero-order valence-corrected chi connectivity index (χ0v) is 17.2. The molecule has 1 aromatic heterocycles. The summed E-state index contributed by atoms with van der Waals surface area (Å²) >= 11 is 5.23. The first-order valence-corrected chi connectivity index (χ1v) is 9.75. The molecule has 2 aromatic carbocycles. The summed E-state index contributed by atoms with van der Waals surface area (Å²) in [6.07, 6.45) is 3.19. The number of hydrogen-bond donors (Lipinski definition) is 2. The van der Waals surface area contributed by atoms with E-state index in [2.05, 4.69) is 5.32 Å². The average molecular weight is 431 g/mol. The predicted molar refractivity (Wildman–Crippen MR) is 120 cm³/mol. The Balaban J connectivity index is 1.75. The van der Waals surface area contributed by atoms with Gasteiger partial charge in [-0.2, -0.15) is 0 Å². The second-order valence-electron chi connectivity index (χ2n) is 6.96. The Hall–Kier alpha value is -4.04. The minimum absolute atomic E-state index is 0.0160. The quantitative estimate of drug-likeness (QED) is 0.376. The number of nitrogens with one attached hydrogen (secondary N) is 1. The normalized spacial score (nSPS) is 15.3. The third kappa shape index (κ3) is 3.88. The van der Waals surface area contributed by atoms with E-state index in [0.717, 1.165) is 5.56 Å². The number of amides is 2. The van der Waals surface area contributed by atoms with Crippen molar-refractivity contribution in [3.63, 3.8) is 0 Å². The van der Waals surface area contributed by atoms with Crippen molar-refractivity contribution in [2.75, 3.05) is 4.90 Å². The second-order valence-corrected chi connectivity index (χ2v) is 7.34. The molecule has 7 nitrogen and oxygen atoms in total. The zero-order chi connectivity index (χ0) is 22.1. The van der Waals surface area contributed by atoms with Crippen molar-refractivity contribution in [3.8, 4) is 5.69 Å². The molecular weight excluding hydrogens is 414 g/mol. The summed E-state index contributed by atoms with van der Waals surface area (Å²) in [5.41, 5.74) is 2.69. The molecule has 8 heteroatoms. The van der Waals surface area contributed by atoms with Crippen LogP contribution in [-0.2, 0) is 9.59 Å². The highest BCUT2D eigenvalue weighted by Gasteiger charge is 2.34. The van der Waals surface area contributed by atoms with E-state index >= 15 is 0 Å². The number of carboxylic acids is 1. The van der Waals surface area contributed by atoms with E-state index in [4.69, 9.17) is 12.2 Å². The number of carbonyl (C=O) groups is 3. The minimum Gasteiger partial charge on any atom is -0.478 e. The molecule has 1 fully saturated rings. The molecule has 0 saturated carbocycles. The zero-order valence-electron chi connectivity index (χ0n) is 16.4. The van der Waals surface area contributed by atoms with Crippen molar-refractivity contribution >= 4 is 46.9 Å². The van der Waals surface area contributed by atoms with Gasteiger partial charge in [-0.15, -0.1) is 0 Å². The topological polar surface area (TPSA) is 91.6 Å². The van der Waals surface area contributed by atoms with Crippen molar-refractivity contribution in [2.24, 2.45) is 0 Å². The van der Waals surface area contributed by atoms with Crippen molar-refractivity contribution in [3.05, 3.63) is 89.3 Å². The average Bonchev–Trinajstić information content (AvgIpc) is 3.19. The van der Waals surface area contributed by atoms with Crippen LogP contribution < -0.4 is 10.2 Å². The van der Waals surface area contributed by atoms with Crippen LogP contribution in [0.1, 0.15) is 21.6 Å². The number of anilines is 1. The number of hydrogen-bond acceptors (Lipinski definition) is 4. The lowest BCUT2D eigenvalue weighted by Crippen LogP contribution is -2.54. The molecule has 4 rings (SSSR count).